The van der Waals surface area contributed by atoms with Crippen molar-refractivity contribution in [1.29, 1.82) is 0 Å². The van der Waals surface area contributed by atoms with E-state index in [1.54, 1.807) is 6.07 Å². The van der Waals surface area contributed by atoms with Gasteiger partial charge in [0.05, 0.1) is 0 Å². The number of halogens is 4. The molecule has 1 rings (SSSR count). The molecule has 0 amide bonds. The number of rotatable bonds is 9. The molecule has 120 valence electrons. The zero-order chi connectivity index (χ0) is 15.7. The van der Waals surface area contributed by atoms with Crippen LogP contribution in [-0.2, 0) is 4.74 Å². The second-order valence-corrected chi connectivity index (χ2v) is 4.87. The van der Waals surface area contributed by atoms with Crippen LogP contribution in [0.2, 0.25) is 0 Å². The van der Waals surface area contributed by atoms with Gasteiger partial charge in [-0.15, -0.1) is 0 Å². The number of hydrogen-bond acceptors (Lipinski definition) is 2. The van der Waals surface area contributed by atoms with Crippen LogP contribution in [0, 0.1) is 5.82 Å². The molecule has 0 bridgehead atoms. The van der Waals surface area contributed by atoms with Gasteiger partial charge in [-0.1, -0.05) is 19.1 Å². The maximum atomic E-state index is 13.3. The molecule has 0 aliphatic carbocycles. The summed E-state index contributed by atoms with van der Waals surface area (Å²) in [7, 11) is 0. The summed E-state index contributed by atoms with van der Waals surface area (Å²) in [6, 6.07) is 6.32. The van der Waals surface area contributed by atoms with E-state index < -0.39 is 12.8 Å². The molecule has 0 fully saturated rings. The van der Waals surface area contributed by atoms with E-state index in [2.05, 4.69) is 10.1 Å². The number of hydrogen-bond donors (Lipinski definition) is 1. The SMILES string of the molecule is CCNCC(CCCOCC(F)(F)F)c1cccc(F)c1. The van der Waals surface area contributed by atoms with Crippen LogP contribution in [0.3, 0.4) is 0 Å². The molecule has 0 spiro atoms. The molecule has 1 unspecified atom stereocenters. The zero-order valence-corrected chi connectivity index (χ0v) is 12.0. The Morgan fingerprint density at radius 2 is 2.05 bits per heavy atom. The highest BCUT2D eigenvalue weighted by Gasteiger charge is 2.27. The Kier molecular flexibility index (Phi) is 7.67. The van der Waals surface area contributed by atoms with Crippen molar-refractivity contribution >= 4 is 0 Å². The summed E-state index contributed by atoms with van der Waals surface area (Å²) in [5.41, 5.74) is 0.853. The molecule has 0 aromatic heterocycles. The fourth-order valence-electron chi connectivity index (χ4n) is 2.09. The van der Waals surface area contributed by atoms with Gasteiger partial charge >= 0.3 is 6.18 Å². The first-order chi connectivity index (χ1) is 9.92. The highest BCUT2D eigenvalue weighted by molar-refractivity contribution is 5.21. The van der Waals surface area contributed by atoms with E-state index in [1.807, 2.05) is 13.0 Å². The fraction of sp³-hybridized carbons (Fsp3) is 0.600. The Hall–Kier alpha value is -1.14. The summed E-state index contributed by atoms with van der Waals surface area (Å²) in [5, 5.41) is 3.19. The second kappa shape index (κ2) is 9.00. The maximum absolute atomic E-state index is 13.3. The quantitative estimate of drug-likeness (QED) is 0.552. The van der Waals surface area contributed by atoms with Crippen molar-refractivity contribution in [1.82, 2.24) is 5.32 Å². The lowest BCUT2D eigenvalue weighted by Crippen LogP contribution is -2.22. The van der Waals surface area contributed by atoms with Crippen molar-refractivity contribution in [2.75, 3.05) is 26.3 Å². The first-order valence-corrected chi connectivity index (χ1v) is 7.03. The molecular weight excluding hydrogens is 286 g/mol. The number of benzene rings is 1. The average Bonchev–Trinajstić information content (AvgIpc) is 2.40. The van der Waals surface area contributed by atoms with Crippen molar-refractivity contribution in [3.05, 3.63) is 35.6 Å². The molecule has 1 atom stereocenters. The van der Waals surface area contributed by atoms with E-state index in [9.17, 15) is 17.6 Å². The number of nitrogens with one attached hydrogen (secondary N) is 1. The Labute approximate surface area is 122 Å². The molecule has 0 aliphatic rings. The molecule has 0 saturated carbocycles. The molecule has 1 N–H and O–H groups in total. The Morgan fingerprint density at radius 3 is 2.67 bits per heavy atom. The predicted octanol–water partition coefficient (Wildman–Crippen LogP) is 3.88. The molecule has 6 heteroatoms. The smallest absolute Gasteiger partial charge is 0.372 e. The van der Waals surface area contributed by atoms with Crippen LogP contribution in [0.1, 0.15) is 31.2 Å². The third-order valence-corrected chi connectivity index (χ3v) is 3.07. The normalized spacial score (nSPS) is 13.4. The largest absolute Gasteiger partial charge is 0.411 e. The predicted molar refractivity (Wildman–Crippen MR) is 73.8 cm³/mol. The first kappa shape index (κ1) is 17.9. The molecule has 1 aromatic carbocycles. The van der Waals surface area contributed by atoms with E-state index in [1.165, 1.54) is 12.1 Å². The van der Waals surface area contributed by atoms with Crippen molar-refractivity contribution in [3.63, 3.8) is 0 Å². The van der Waals surface area contributed by atoms with Gasteiger partial charge in [0, 0.05) is 13.2 Å². The summed E-state index contributed by atoms with van der Waals surface area (Å²) in [4.78, 5) is 0. The van der Waals surface area contributed by atoms with E-state index in [0.29, 0.717) is 19.4 Å². The summed E-state index contributed by atoms with van der Waals surface area (Å²) in [6.45, 7) is 2.26. The van der Waals surface area contributed by atoms with Crippen molar-refractivity contribution in [2.45, 2.75) is 31.9 Å². The fourth-order valence-corrected chi connectivity index (χ4v) is 2.09. The summed E-state index contributed by atoms with van der Waals surface area (Å²) in [5.74, 6) is -0.238. The third-order valence-electron chi connectivity index (χ3n) is 3.07. The summed E-state index contributed by atoms with van der Waals surface area (Å²) < 4.78 is 53.7. The molecule has 0 aliphatic heterocycles. The van der Waals surface area contributed by atoms with Gasteiger partial charge in [0.1, 0.15) is 12.4 Å². The molecular formula is C15H21F4NO. The average molecular weight is 307 g/mol. The van der Waals surface area contributed by atoms with Gasteiger partial charge in [-0.25, -0.2) is 4.39 Å². The van der Waals surface area contributed by atoms with Gasteiger partial charge in [-0.2, -0.15) is 13.2 Å². The van der Waals surface area contributed by atoms with Crippen molar-refractivity contribution in [3.8, 4) is 0 Å². The van der Waals surface area contributed by atoms with Gasteiger partial charge in [0.15, 0.2) is 0 Å². The number of ether oxygens (including phenoxy) is 1. The van der Waals surface area contributed by atoms with E-state index in [4.69, 9.17) is 0 Å². The maximum Gasteiger partial charge on any atom is 0.411 e. The lowest BCUT2D eigenvalue weighted by molar-refractivity contribution is -0.174. The van der Waals surface area contributed by atoms with Gasteiger partial charge < -0.3 is 10.1 Å². The lowest BCUT2D eigenvalue weighted by atomic mass is 9.94. The van der Waals surface area contributed by atoms with Crippen LogP contribution in [0.25, 0.3) is 0 Å². The van der Waals surface area contributed by atoms with Crippen molar-refractivity contribution < 1.29 is 22.3 Å². The Morgan fingerprint density at radius 1 is 1.29 bits per heavy atom. The summed E-state index contributed by atoms with van der Waals surface area (Å²) in [6.07, 6.45) is -3.14. The minimum Gasteiger partial charge on any atom is -0.372 e. The number of likely N-dealkylation sites (N-methyl/N-ethyl adjacent to an activating group) is 1. The molecule has 1 aromatic rings. The van der Waals surface area contributed by atoms with Crippen LogP contribution in [0.5, 0.6) is 0 Å². The van der Waals surface area contributed by atoms with Crippen LogP contribution < -0.4 is 5.32 Å². The third kappa shape index (κ3) is 8.02. The highest BCUT2D eigenvalue weighted by atomic mass is 19.4. The number of alkyl halides is 3. The molecule has 0 radical (unpaired) electrons. The van der Waals surface area contributed by atoms with Crippen LogP contribution in [0.15, 0.2) is 24.3 Å². The Balaban J connectivity index is 2.43. The van der Waals surface area contributed by atoms with Gasteiger partial charge in [-0.3, -0.25) is 0 Å². The molecule has 0 heterocycles. The molecule has 0 saturated heterocycles. The van der Waals surface area contributed by atoms with Gasteiger partial charge in [-0.05, 0) is 43.0 Å². The minimum absolute atomic E-state index is 0.0530. The van der Waals surface area contributed by atoms with Gasteiger partial charge in [0.25, 0.3) is 0 Å². The Bertz CT molecular complexity index is 409. The first-order valence-electron chi connectivity index (χ1n) is 7.03. The topological polar surface area (TPSA) is 21.3 Å². The van der Waals surface area contributed by atoms with Crippen LogP contribution >= 0.6 is 0 Å². The molecule has 2 nitrogen and oxygen atoms in total. The summed E-state index contributed by atoms with van der Waals surface area (Å²) >= 11 is 0. The monoisotopic (exact) mass is 307 g/mol. The lowest BCUT2D eigenvalue weighted by Gasteiger charge is -2.18. The van der Waals surface area contributed by atoms with E-state index in [0.717, 1.165) is 12.1 Å². The highest BCUT2D eigenvalue weighted by Crippen LogP contribution is 2.22. The van der Waals surface area contributed by atoms with E-state index in [-0.39, 0.29) is 18.3 Å². The van der Waals surface area contributed by atoms with Gasteiger partial charge in [0.2, 0.25) is 0 Å². The van der Waals surface area contributed by atoms with Crippen LogP contribution in [0.4, 0.5) is 17.6 Å². The van der Waals surface area contributed by atoms with Crippen molar-refractivity contribution in [2.24, 2.45) is 0 Å². The van der Waals surface area contributed by atoms with E-state index >= 15 is 0 Å². The molecule has 21 heavy (non-hydrogen) atoms. The standard InChI is InChI=1S/C15H21F4NO/c1-2-20-10-13(12-5-3-7-14(16)9-12)6-4-8-21-11-15(17,18)19/h3,5,7,9,13,20H,2,4,6,8,10-11H2,1H3. The minimum atomic E-state index is -4.29. The zero-order valence-electron chi connectivity index (χ0n) is 12.0. The van der Waals surface area contributed by atoms with Crippen LogP contribution in [-0.4, -0.2) is 32.5 Å². The second-order valence-electron chi connectivity index (χ2n) is 4.87.